The molecule has 1 heterocycles. The molecule has 0 N–H and O–H groups in total. The van der Waals surface area contributed by atoms with Crippen molar-refractivity contribution in [3.05, 3.63) is 74.3 Å². The van der Waals surface area contributed by atoms with E-state index in [4.69, 9.17) is 11.6 Å². The van der Waals surface area contributed by atoms with Crippen molar-refractivity contribution in [3.8, 4) is 0 Å². The van der Waals surface area contributed by atoms with Crippen molar-refractivity contribution in [1.29, 1.82) is 0 Å². The summed E-state index contributed by atoms with van der Waals surface area (Å²) in [5, 5.41) is 11.8. The van der Waals surface area contributed by atoms with Gasteiger partial charge in [0.1, 0.15) is 0 Å². The van der Waals surface area contributed by atoms with E-state index >= 15 is 0 Å². The summed E-state index contributed by atoms with van der Waals surface area (Å²) < 4.78 is 0. The molecule has 1 amide bonds. The molecule has 142 valence electrons. The average Bonchev–Trinajstić information content (AvgIpc) is 2.67. The van der Waals surface area contributed by atoms with E-state index in [0.717, 1.165) is 29.2 Å². The minimum atomic E-state index is -0.473. The number of carbonyl (C=O) groups excluding carboxylic acids is 1. The molecule has 7 heteroatoms. The fourth-order valence-electron chi connectivity index (χ4n) is 3.45. The number of nitro benzene ring substituents is 1. The minimum Gasteiger partial charge on any atom is -0.336 e. The largest absolute Gasteiger partial charge is 0.336 e. The summed E-state index contributed by atoms with van der Waals surface area (Å²) in [7, 11) is 0. The topological polar surface area (TPSA) is 66.7 Å². The normalized spacial score (nSPS) is 16.2. The number of hydrogen-bond acceptors (Lipinski definition) is 4. The van der Waals surface area contributed by atoms with Crippen LogP contribution >= 0.6 is 11.6 Å². The second-order valence-electron chi connectivity index (χ2n) is 6.78. The Hall–Kier alpha value is -2.44. The maximum atomic E-state index is 12.9. The third-order valence-electron chi connectivity index (χ3n) is 5.17. The quantitative estimate of drug-likeness (QED) is 0.585. The molecule has 3 rings (SSSR count). The summed E-state index contributed by atoms with van der Waals surface area (Å²) in [5.74, 6) is -0.152. The maximum absolute atomic E-state index is 12.9. The Morgan fingerprint density at radius 3 is 2.44 bits per heavy atom. The van der Waals surface area contributed by atoms with Crippen LogP contribution in [0.15, 0.2) is 42.5 Å². The molecule has 1 aliphatic rings. The van der Waals surface area contributed by atoms with Gasteiger partial charge in [-0.15, -0.1) is 0 Å². The Labute approximate surface area is 163 Å². The van der Waals surface area contributed by atoms with Crippen LogP contribution in [-0.2, 0) is 0 Å². The molecule has 1 aliphatic heterocycles. The first kappa shape index (κ1) is 19.3. The molecule has 1 unspecified atom stereocenters. The molecular weight excluding hydrogens is 366 g/mol. The van der Waals surface area contributed by atoms with Gasteiger partial charge in [0.2, 0.25) is 0 Å². The van der Waals surface area contributed by atoms with Gasteiger partial charge in [0.25, 0.3) is 11.6 Å². The van der Waals surface area contributed by atoms with Crippen molar-refractivity contribution in [3.63, 3.8) is 0 Å². The summed E-state index contributed by atoms with van der Waals surface area (Å²) >= 11 is 6.31. The summed E-state index contributed by atoms with van der Waals surface area (Å²) in [4.78, 5) is 27.5. The minimum absolute atomic E-state index is 0.0603. The molecule has 0 saturated carbocycles. The first-order valence-electron chi connectivity index (χ1n) is 8.91. The van der Waals surface area contributed by atoms with E-state index in [1.165, 1.54) is 12.1 Å². The van der Waals surface area contributed by atoms with Gasteiger partial charge >= 0.3 is 0 Å². The van der Waals surface area contributed by atoms with Crippen molar-refractivity contribution in [2.24, 2.45) is 0 Å². The molecule has 0 bridgehead atoms. The number of amides is 1. The van der Waals surface area contributed by atoms with Crippen molar-refractivity contribution in [1.82, 2.24) is 9.80 Å². The maximum Gasteiger partial charge on any atom is 0.270 e. The zero-order valence-electron chi connectivity index (χ0n) is 15.4. The van der Waals surface area contributed by atoms with E-state index in [1.54, 1.807) is 17.9 Å². The van der Waals surface area contributed by atoms with Gasteiger partial charge in [-0.1, -0.05) is 35.9 Å². The highest BCUT2D eigenvalue weighted by Crippen LogP contribution is 2.28. The number of halogens is 1. The Morgan fingerprint density at radius 1 is 1.15 bits per heavy atom. The van der Waals surface area contributed by atoms with Crippen LogP contribution in [0.5, 0.6) is 0 Å². The van der Waals surface area contributed by atoms with Gasteiger partial charge in [-0.2, -0.15) is 0 Å². The number of nitrogens with zero attached hydrogens (tertiary/aromatic N) is 3. The highest BCUT2D eigenvalue weighted by atomic mass is 35.5. The zero-order chi connectivity index (χ0) is 19.6. The van der Waals surface area contributed by atoms with Crippen molar-refractivity contribution < 1.29 is 9.72 Å². The van der Waals surface area contributed by atoms with Crippen LogP contribution in [-0.4, -0.2) is 46.8 Å². The van der Waals surface area contributed by atoms with Crippen LogP contribution < -0.4 is 0 Å². The highest BCUT2D eigenvalue weighted by Gasteiger charge is 2.27. The van der Waals surface area contributed by atoms with E-state index in [0.29, 0.717) is 18.7 Å². The Kier molecular flexibility index (Phi) is 5.77. The number of benzene rings is 2. The molecule has 1 saturated heterocycles. The van der Waals surface area contributed by atoms with Crippen LogP contribution in [0.3, 0.4) is 0 Å². The van der Waals surface area contributed by atoms with E-state index < -0.39 is 4.92 Å². The van der Waals surface area contributed by atoms with E-state index in [-0.39, 0.29) is 17.6 Å². The molecule has 6 nitrogen and oxygen atoms in total. The molecule has 0 aromatic heterocycles. The first-order valence-corrected chi connectivity index (χ1v) is 9.29. The molecule has 0 aliphatic carbocycles. The van der Waals surface area contributed by atoms with Crippen LogP contribution in [0, 0.1) is 17.0 Å². The van der Waals surface area contributed by atoms with Crippen LogP contribution in [0.1, 0.15) is 34.5 Å². The number of hydrogen-bond donors (Lipinski definition) is 0. The van der Waals surface area contributed by atoms with E-state index in [9.17, 15) is 14.9 Å². The van der Waals surface area contributed by atoms with Crippen molar-refractivity contribution in [2.45, 2.75) is 19.9 Å². The van der Waals surface area contributed by atoms with Gasteiger partial charge in [0.15, 0.2) is 0 Å². The monoisotopic (exact) mass is 387 g/mol. The lowest BCUT2D eigenvalue weighted by Gasteiger charge is -2.38. The first-order chi connectivity index (χ1) is 12.9. The van der Waals surface area contributed by atoms with Gasteiger partial charge in [0, 0.05) is 54.9 Å². The summed E-state index contributed by atoms with van der Waals surface area (Å²) in [6.45, 7) is 6.53. The Morgan fingerprint density at radius 2 is 1.81 bits per heavy atom. The number of non-ortho nitro benzene ring substituents is 1. The highest BCUT2D eigenvalue weighted by molar-refractivity contribution is 6.31. The number of rotatable bonds is 4. The van der Waals surface area contributed by atoms with Gasteiger partial charge in [-0.3, -0.25) is 19.8 Å². The van der Waals surface area contributed by atoms with Gasteiger partial charge in [-0.25, -0.2) is 0 Å². The SMILES string of the molecule is Cc1ccc([N+](=O)[O-])cc1C(=O)N1CCN(C(C)c2ccccc2Cl)CC1. The number of piperazine rings is 1. The molecule has 2 aromatic carbocycles. The third kappa shape index (κ3) is 4.12. The lowest BCUT2D eigenvalue weighted by Crippen LogP contribution is -2.49. The predicted octanol–water partition coefficient (Wildman–Crippen LogP) is 4.08. The smallest absolute Gasteiger partial charge is 0.270 e. The van der Waals surface area contributed by atoms with Crippen LogP contribution in [0.25, 0.3) is 0 Å². The lowest BCUT2D eigenvalue weighted by molar-refractivity contribution is -0.384. The molecular formula is C20H22ClN3O3. The van der Waals surface area contributed by atoms with Gasteiger partial charge in [0.05, 0.1) is 4.92 Å². The van der Waals surface area contributed by atoms with E-state index in [1.807, 2.05) is 24.3 Å². The fraction of sp³-hybridized carbons (Fsp3) is 0.350. The third-order valence-corrected chi connectivity index (χ3v) is 5.51. The molecule has 0 radical (unpaired) electrons. The zero-order valence-corrected chi connectivity index (χ0v) is 16.1. The summed E-state index contributed by atoms with van der Waals surface area (Å²) in [6, 6.07) is 12.4. The molecule has 1 atom stereocenters. The Bertz CT molecular complexity index is 863. The number of aryl methyl sites for hydroxylation is 1. The van der Waals surface area contributed by atoms with Gasteiger partial charge in [-0.05, 0) is 31.0 Å². The van der Waals surface area contributed by atoms with Crippen molar-refractivity contribution >= 4 is 23.2 Å². The molecule has 1 fully saturated rings. The van der Waals surface area contributed by atoms with Crippen LogP contribution in [0.4, 0.5) is 5.69 Å². The van der Waals surface area contributed by atoms with E-state index in [2.05, 4.69) is 11.8 Å². The lowest BCUT2D eigenvalue weighted by atomic mass is 10.0. The van der Waals surface area contributed by atoms with Gasteiger partial charge < -0.3 is 4.90 Å². The average molecular weight is 388 g/mol. The number of carbonyl (C=O) groups is 1. The van der Waals surface area contributed by atoms with Crippen molar-refractivity contribution in [2.75, 3.05) is 26.2 Å². The standard InChI is InChI=1S/C20H22ClN3O3/c1-14-7-8-16(24(26)27)13-18(14)20(25)23-11-9-22(10-12-23)15(2)17-5-3-4-6-19(17)21/h3-8,13,15H,9-12H2,1-2H3. The molecule has 0 spiro atoms. The fourth-order valence-corrected chi connectivity index (χ4v) is 3.74. The number of nitro groups is 1. The second-order valence-corrected chi connectivity index (χ2v) is 7.19. The molecule has 27 heavy (non-hydrogen) atoms. The predicted molar refractivity (Wildman–Crippen MR) is 105 cm³/mol. The summed E-state index contributed by atoms with van der Waals surface area (Å²) in [5.41, 5.74) is 2.16. The van der Waals surface area contributed by atoms with Crippen LogP contribution in [0.2, 0.25) is 5.02 Å². The second kappa shape index (κ2) is 8.06. The molecule has 2 aromatic rings. The summed E-state index contributed by atoms with van der Waals surface area (Å²) in [6.07, 6.45) is 0. The Balaban J connectivity index is 1.69.